The van der Waals surface area contributed by atoms with Crippen molar-refractivity contribution in [1.29, 1.82) is 0 Å². The summed E-state index contributed by atoms with van der Waals surface area (Å²) in [5.41, 5.74) is 0. The van der Waals surface area contributed by atoms with Crippen molar-refractivity contribution in [3.8, 4) is 0 Å². The van der Waals surface area contributed by atoms with E-state index in [1.165, 1.54) is 42.2 Å². The first-order valence-corrected chi connectivity index (χ1v) is 7.83. The molecule has 96 valence electrons. The molecule has 1 fully saturated rings. The average molecular weight is 260 g/mol. The molecule has 2 heterocycles. The lowest BCUT2D eigenvalue weighted by Crippen LogP contribution is -2.26. The van der Waals surface area contributed by atoms with E-state index in [0.717, 1.165) is 11.7 Å². The monoisotopic (exact) mass is 260 g/mol. The van der Waals surface area contributed by atoms with Crippen LogP contribution in [0.5, 0.6) is 0 Å². The van der Waals surface area contributed by atoms with Gasteiger partial charge < -0.3 is 5.32 Å². The first-order valence-electron chi connectivity index (χ1n) is 6.95. The quantitative estimate of drug-likeness (QED) is 0.867. The highest BCUT2D eigenvalue weighted by Crippen LogP contribution is 2.31. The Hall–Kier alpha value is -1.09. The van der Waals surface area contributed by atoms with E-state index < -0.39 is 0 Å². The molecule has 0 spiro atoms. The SMILES string of the molecule is CCC1CCC(Nc2nccc3sccc23)CC1. The number of fused-ring (bicyclic) bond motifs is 1. The topological polar surface area (TPSA) is 24.9 Å². The van der Waals surface area contributed by atoms with Gasteiger partial charge >= 0.3 is 0 Å². The van der Waals surface area contributed by atoms with E-state index in [-0.39, 0.29) is 0 Å². The van der Waals surface area contributed by atoms with Crippen molar-refractivity contribution in [3.05, 3.63) is 23.7 Å². The number of hydrogen-bond acceptors (Lipinski definition) is 3. The van der Waals surface area contributed by atoms with E-state index in [1.54, 1.807) is 11.3 Å². The lowest BCUT2D eigenvalue weighted by atomic mass is 9.84. The van der Waals surface area contributed by atoms with E-state index >= 15 is 0 Å². The number of rotatable bonds is 3. The normalized spacial score (nSPS) is 24.3. The molecular weight excluding hydrogens is 240 g/mol. The summed E-state index contributed by atoms with van der Waals surface area (Å²) in [6.07, 6.45) is 8.58. The zero-order chi connectivity index (χ0) is 12.4. The van der Waals surface area contributed by atoms with Gasteiger partial charge in [-0.2, -0.15) is 0 Å². The first kappa shape index (κ1) is 12.0. The van der Waals surface area contributed by atoms with Crippen LogP contribution in [0.1, 0.15) is 39.0 Å². The summed E-state index contributed by atoms with van der Waals surface area (Å²) in [6, 6.07) is 4.89. The zero-order valence-corrected chi connectivity index (χ0v) is 11.7. The summed E-state index contributed by atoms with van der Waals surface area (Å²) in [7, 11) is 0. The van der Waals surface area contributed by atoms with Gasteiger partial charge in [-0.25, -0.2) is 4.98 Å². The fourth-order valence-corrected chi connectivity index (χ4v) is 3.70. The smallest absolute Gasteiger partial charge is 0.134 e. The van der Waals surface area contributed by atoms with Crippen LogP contribution in [0.15, 0.2) is 23.7 Å². The third-order valence-corrected chi connectivity index (χ3v) is 5.03. The molecule has 3 heteroatoms. The standard InChI is InChI=1S/C15H20N2S/c1-2-11-3-5-12(6-4-11)17-15-13-8-10-18-14(13)7-9-16-15/h7-12H,2-6H2,1H3,(H,16,17). The molecule has 2 aromatic heterocycles. The highest BCUT2D eigenvalue weighted by atomic mass is 32.1. The molecule has 18 heavy (non-hydrogen) atoms. The van der Waals surface area contributed by atoms with E-state index in [0.29, 0.717) is 6.04 Å². The van der Waals surface area contributed by atoms with Gasteiger partial charge in [0.2, 0.25) is 0 Å². The summed E-state index contributed by atoms with van der Waals surface area (Å²) < 4.78 is 1.33. The molecule has 0 amide bonds. The van der Waals surface area contributed by atoms with Gasteiger partial charge in [0, 0.05) is 22.3 Å². The van der Waals surface area contributed by atoms with Crippen LogP contribution < -0.4 is 5.32 Å². The molecule has 0 bridgehead atoms. The summed E-state index contributed by atoms with van der Waals surface area (Å²) in [5, 5.41) is 7.07. The predicted molar refractivity (Wildman–Crippen MR) is 79.3 cm³/mol. The lowest BCUT2D eigenvalue weighted by molar-refractivity contribution is 0.330. The number of hydrogen-bond donors (Lipinski definition) is 1. The maximum atomic E-state index is 4.51. The van der Waals surface area contributed by atoms with Crippen LogP contribution >= 0.6 is 11.3 Å². The molecule has 0 unspecified atom stereocenters. The van der Waals surface area contributed by atoms with Gasteiger partial charge in [-0.3, -0.25) is 0 Å². The Morgan fingerprint density at radius 2 is 2.11 bits per heavy atom. The maximum absolute atomic E-state index is 4.51. The molecule has 1 N–H and O–H groups in total. The van der Waals surface area contributed by atoms with Crippen LogP contribution in [0.2, 0.25) is 0 Å². The number of thiophene rings is 1. The summed E-state index contributed by atoms with van der Waals surface area (Å²) in [5.74, 6) is 2.03. The molecule has 2 aromatic rings. The van der Waals surface area contributed by atoms with Crippen LogP contribution in [0.4, 0.5) is 5.82 Å². The Kier molecular flexibility index (Phi) is 3.50. The van der Waals surface area contributed by atoms with Crippen molar-refractivity contribution in [1.82, 2.24) is 4.98 Å². The van der Waals surface area contributed by atoms with Gasteiger partial charge in [-0.05, 0) is 49.1 Å². The third kappa shape index (κ3) is 2.37. The van der Waals surface area contributed by atoms with E-state index in [4.69, 9.17) is 0 Å². The van der Waals surface area contributed by atoms with Crippen molar-refractivity contribution in [2.75, 3.05) is 5.32 Å². The van der Waals surface area contributed by atoms with E-state index in [1.807, 2.05) is 6.20 Å². The van der Waals surface area contributed by atoms with Gasteiger partial charge in [0.1, 0.15) is 5.82 Å². The largest absolute Gasteiger partial charge is 0.367 e. The molecule has 0 radical (unpaired) electrons. The average Bonchev–Trinajstić information content (AvgIpc) is 2.89. The minimum atomic E-state index is 0.616. The Morgan fingerprint density at radius 3 is 2.89 bits per heavy atom. The fraction of sp³-hybridized carbons (Fsp3) is 0.533. The van der Waals surface area contributed by atoms with Crippen molar-refractivity contribution in [2.45, 2.75) is 45.1 Å². The van der Waals surface area contributed by atoms with Crippen LogP contribution in [-0.4, -0.2) is 11.0 Å². The van der Waals surface area contributed by atoms with Crippen molar-refractivity contribution >= 4 is 27.2 Å². The highest BCUT2D eigenvalue weighted by Gasteiger charge is 2.20. The number of nitrogens with one attached hydrogen (secondary N) is 1. The highest BCUT2D eigenvalue weighted by molar-refractivity contribution is 7.17. The van der Waals surface area contributed by atoms with E-state index in [2.05, 4.69) is 34.7 Å². The number of nitrogens with zero attached hydrogens (tertiary/aromatic N) is 1. The predicted octanol–water partition coefficient (Wildman–Crippen LogP) is 4.68. The third-order valence-electron chi connectivity index (χ3n) is 4.14. The van der Waals surface area contributed by atoms with Gasteiger partial charge in [0.05, 0.1) is 0 Å². The molecule has 0 aromatic carbocycles. The van der Waals surface area contributed by atoms with Gasteiger partial charge in [0.25, 0.3) is 0 Å². The molecule has 0 atom stereocenters. The fourth-order valence-electron chi connectivity index (χ4n) is 2.92. The van der Waals surface area contributed by atoms with Gasteiger partial charge in [-0.15, -0.1) is 11.3 Å². The Balaban J connectivity index is 1.71. The van der Waals surface area contributed by atoms with Crippen LogP contribution in [0.3, 0.4) is 0 Å². The first-order chi connectivity index (χ1) is 8.86. The second-order valence-corrected chi connectivity index (χ2v) is 6.21. The van der Waals surface area contributed by atoms with Crippen molar-refractivity contribution in [3.63, 3.8) is 0 Å². The molecule has 1 aliphatic carbocycles. The van der Waals surface area contributed by atoms with Gasteiger partial charge in [0.15, 0.2) is 0 Å². The number of pyridine rings is 1. The van der Waals surface area contributed by atoms with Crippen LogP contribution in [-0.2, 0) is 0 Å². The summed E-state index contributed by atoms with van der Waals surface area (Å²) in [4.78, 5) is 4.51. The minimum absolute atomic E-state index is 0.616. The second kappa shape index (κ2) is 5.27. The molecular formula is C15H20N2S. The van der Waals surface area contributed by atoms with E-state index in [9.17, 15) is 0 Å². The van der Waals surface area contributed by atoms with Gasteiger partial charge in [-0.1, -0.05) is 13.3 Å². The Morgan fingerprint density at radius 1 is 1.28 bits per heavy atom. The maximum Gasteiger partial charge on any atom is 0.134 e. The zero-order valence-electron chi connectivity index (χ0n) is 10.9. The summed E-state index contributed by atoms with van der Waals surface area (Å²) >= 11 is 1.79. The summed E-state index contributed by atoms with van der Waals surface area (Å²) in [6.45, 7) is 2.31. The number of aromatic nitrogens is 1. The Bertz CT molecular complexity index is 512. The lowest BCUT2D eigenvalue weighted by Gasteiger charge is -2.28. The van der Waals surface area contributed by atoms with Crippen molar-refractivity contribution in [2.24, 2.45) is 5.92 Å². The van der Waals surface area contributed by atoms with Crippen molar-refractivity contribution < 1.29 is 0 Å². The molecule has 0 aliphatic heterocycles. The molecule has 1 saturated carbocycles. The minimum Gasteiger partial charge on any atom is -0.367 e. The van der Waals surface area contributed by atoms with Crippen LogP contribution in [0.25, 0.3) is 10.1 Å². The molecule has 1 aliphatic rings. The molecule has 0 saturated heterocycles. The Labute approximate surface area is 112 Å². The molecule has 3 rings (SSSR count). The number of anilines is 1. The van der Waals surface area contributed by atoms with Crippen LogP contribution in [0, 0.1) is 5.92 Å². The second-order valence-electron chi connectivity index (χ2n) is 5.26. The molecule has 2 nitrogen and oxygen atoms in total.